The van der Waals surface area contributed by atoms with Gasteiger partial charge in [0.05, 0.1) is 11.9 Å². The number of amides is 2. The summed E-state index contributed by atoms with van der Waals surface area (Å²) in [5.74, 6) is -0.711. The van der Waals surface area contributed by atoms with Crippen LogP contribution in [-0.4, -0.2) is 50.0 Å². The smallest absolute Gasteiger partial charge is 0.244 e. The van der Waals surface area contributed by atoms with E-state index in [2.05, 4.69) is 21.2 Å². The maximum Gasteiger partial charge on any atom is 0.244 e. The second-order valence-corrected chi connectivity index (χ2v) is 14.2. The van der Waals surface area contributed by atoms with E-state index >= 15 is 0 Å². The van der Waals surface area contributed by atoms with Gasteiger partial charge in [-0.05, 0) is 66.8 Å². The molecule has 7 nitrogen and oxygen atoms in total. The van der Waals surface area contributed by atoms with E-state index in [1.807, 2.05) is 54.6 Å². The molecule has 0 heterocycles. The molecule has 1 saturated carbocycles. The van der Waals surface area contributed by atoms with Crippen LogP contribution < -0.4 is 9.62 Å². The molecule has 1 atom stereocenters. The van der Waals surface area contributed by atoms with Gasteiger partial charge in [-0.3, -0.25) is 13.9 Å². The van der Waals surface area contributed by atoms with Crippen LogP contribution in [0.2, 0.25) is 5.02 Å². The van der Waals surface area contributed by atoms with Gasteiger partial charge in [0.2, 0.25) is 21.8 Å². The molecule has 0 radical (unpaired) electrons. The number of sulfonamides is 1. The highest BCUT2D eigenvalue weighted by Gasteiger charge is 2.34. The fraction of sp³-hybridized carbons (Fsp3) is 0.375. The summed E-state index contributed by atoms with van der Waals surface area (Å²) in [6.45, 7) is 1.42. The van der Waals surface area contributed by atoms with Gasteiger partial charge in [0.15, 0.2) is 0 Å². The van der Waals surface area contributed by atoms with Crippen LogP contribution in [0.5, 0.6) is 0 Å². The Morgan fingerprint density at radius 3 is 2.31 bits per heavy atom. The minimum atomic E-state index is -3.85. The molecule has 2 amide bonds. The molecule has 0 aliphatic heterocycles. The first-order valence-electron chi connectivity index (χ1n) is 14.1. The van der Waals surface area contributed by atoms with Crippen LogP contribution in [-0.2, 0) is 32.6 Å². The normalized spacial score (nSPS) is 14.7. The van der Waals surface area contributed by atoms with E-state index in [0.29, 0.717) is 16.3 Å². The lowest BCUT2D eigenvalue weighted by Gasteiger charge is -2.35. The molecule has 1 fully saturated rings. The van der Waals surface area contributed by atoms with Gasteiger partial charge in [-0.1, -0.05) is 89.3 Å². The summed E-state index contributed by atoms with van der Waals surface area (Å²) >= 11 is 9.64. The molecule has 1 unspecified atom stereocenters. The summed E-state index contributed by atoms with van der Waals surface area (Å²) in [5, 5.41) is 3.68. The Morgan fingerprint density at radius 2 is 1.67 bits per heavy atom. The predicted octanol–water partition coefficient (Wildman–Crippen LogP) is 6.27. The topological polar surface area (TPSA) is 86.8 Å². The molecule has 0 aromatic heterocycles. The van der Waals surface area contributed by atoms with Crippen LogP contribution in [0.3, 0.4) is 0 Å². The first-order valence-corrected chi connectivity index (χ1v) is 17.2. The van der Waals surface area contributed by atoms with Gasteiger partial charge in [-0.15, -0.1) is 0 Å². The maximum absolute atomic E-state index is 14.3. The van der Waals surface area contributed by atoms with E-state index in [1.54, 1.807) is 25.1 Å². The standard InChI is InChI=1S/C32H37BrClN3O4S/c1-23-18-27(34)16-17-29(23)37(42(2,40)41)22-31(38)36(21-25-12-9-13-26(33)19-25)30(20-24-10-5-3-6-11-24)32(39)35-28-14-7-4-8-15-28/h3,5-6,9-13,16-19,28,30H,4,7-8,14-15,20-22H2,1-2H3,(H,35,39). The molecule has 3 aromatic carbocycles. The number of nitrogens with one attached hydrogen (secondary N) is 1. The largest absolute Gasteiger partial charge is 0.352 e. The molecule has 0 saturated heterocycles. The average Bonchev–Trinajstić information content (AvgIpc) is 2.94. The Kier molecular flexibility index (Phi) is 11.1. The van der Waals surface area contributed by atoms with Gasteiger partial charge in [0.1, 0.15) is 12.6 Å². The van der Waals surface area contributed by atoms with Gasteiger partial charge < -0.3 is 10.2 Å². The zero-order valence-corrected chi connectivity index (χ0v) is 27.1. The monoisotopic (exact) mass is 673 g/mol. The van der Waals surface area contributed by atoms with Crippen LogP contribution >= 0.6 is 27.5 Å². The number of aryl methyl sites for hydroxylation is 1. The number of hydrogen-bond donors (Lipinski definition) is 1. The Labute approximate surface area is 262 Å². The molecule has 1 aliphatic carbocycles. The van der Waals surface area contributed by atoms with Crippen molar-refractivity contribution in [2.75, 3.05) is 17.1 Å². The first kappa shape index (κ1) is 32.0. The number of halogens is 2. The number of carbonyl (C=O) groups excluding carboxylic acids is 2. The molecular weight excluding hydrogens is 638 g/mol. The molecule has 0 bridgehead atoms. The molecule has 42 heavy (non-hydrogen) atoms. The SMILES string of the molecule is Cc1cc(Cl)ccc1N(CC(=O)N(Cc1cccc(Br)c1)C(Cc1ccccc1)C(=O)NC1CCCCC1)S(C)(=O)=O. The molecule has 1 N–H and O–H groups in total. The summed E-state index contributed by atoms with van der Waals surface area (Å²) in [6, 6.07) is 21.2. The molecule has 1 aliphatic rings. The Balaban J connectivity index is 1.74. The zero-order valence-electron chi connectivity index (χ0n) is 23.9. The highest BCUT2D eigenvalue weighted by atomic mass is 79.9. The lowest BCUT2D eigenvalue weighted by Crippen LogP contribution is -2.55. The number of rotatable bonds is 11. The van der Waals surface area contributed by atoms with Crippen LogP contribution in [0.15, 0.2) is 77.3 Å². The highest BCUT2D eigenvalue weighted by Crippen LogP contribution is 2.27. The lowest BCUT2D eigenvalue weighted by molar-refractivity contribution is -0.140. The molecule has 10 heteroatoms. The number of carbonyl (C=O) groups is 2. The average molecular weight is 675 g/mol. The van der Waals surface area contributed by atoms with Gasteiger partial charge in [-0.25, -0.2) is 8.42 Å². The number of benzene rings is 3. The highest BCUT2D eigenvalue weighted by molar-refractivity contribution is 9.10. The summed E-state index contributed by atoms with van der Waals surface area (Å²) in [5.41, 5.74) is 2.70. The van der Waals surface area contributed by atoms with Gasteiger partial charge in [0, 0.05) is 28.5 Å². The van der Waals surface area contributed by atoms with E-state index in [9.17, 15) is 18.0 Å². The van der Waals surface area contributed by atoms with Crippen molar-refractivity contribution in [1.29, 1.82) is 0 Å². The van der Waals surface area contributed by atoms with E-state index in [4.69, 9.17) is 11.6 Å². The van der Waals surface area contributed by atoms with Crippen molar-refractivity contribution in [3.8, 4) is 0 Å². The lowest BCUT2D eigenvalue weighted by atomic mass is 9.94. The number of anilines is 1. The molecule has 3 aromatic rings. The third-order valence-corrected chi connectivity index (χ3v) is 9.43. The quantitative estimate of drug-likeness (QED) is 0.260. The second kappa shape index (κ2) is 14.5. The molecule has 224 valence electrons. The zero-order chi connectivity index (χ0) is 30.3. The fourth-order valence-electron chi connectivity index (χ4n) is 5.42. The number of nitrogens with zero attached hydrogens (tertiary/aromatic N) is 2. The summed E-state index contributed by atoms with van der Waals surface area (Å²) < 4.78 is 28.0. The van der Waals surface area contributed by atoms with Gasteiger partial charge >= 0.3 is 0 Å². The Hall–Kier alpha value is -2.88. The molecule has 0 spiro atoms. The van der Waals surface area contributed by atoms with Crippen LogP contribution in [0.4, 0.5) is 5.69 Å². The van der Waals surface area contributed by atoms with Crippen molar-refractivity contribution in [1.82, 2.24) is 10.2 Å². The van der Waals surface area contributed by atoms with Crippen LogP contribution in [0, 0.1) is 6.92 Å². The fourth-order valence-corrected chi connectivity index (χ4v) is 7.00. The van der Waals surface area contributed by atoms with E-state index in [-0.39, 0.29) is 24.9 Å². The Bertz CT molecular complexity index is 1500. The third kappa shape index (κ3) is 8.82. The summed E-state index contributed by atoms with van der Waals surface area (Å²) in [7, 11) is -3.85. The van der Waals surface area contributed by atoms with Gasteiger partial charge in [-0.2, -0.15) is 0 Å². The van der Waals surface area contributed by atoms with Crippen molar-refractivity contribution in [2.45, 2.75) is 64.1 Å². The van der Waals surface area contributed by atoms with Crippen molar-refractivity contribution < 1.29 is 18.0 Å². The summed E-state index contributed by atoms with van der Waals surface area (Å²) in [4.78, 5) is 29.8. The van der Waals surface area contributed by atoms with E-state index in [0.717, 1.165) is 58.3 Å². The Morgan fingerprint density at radius 1 is 0.976 bits per heavy atom. The number of hydrogen-bond acceptors (Lipinski definition) is 4. The van der Waals surface area contributed by atoms with E-state index in [1.165, 1.54) is 4.90 Å². The minimum absolute atomic E-state index is 0.0524. The van der Waals surface area contributed by atoms with Crippen molar-refractivity contribution in [3.63, 3.8) is 0 Å². The van der Waals surface area contributed by atoms with E-state index < -0.39 is 28.5 Å². The van der Waals surface area contributed by atoms with Crippen LogP contribution in [0.1, 0.15) is 48.8 Å². The third-order valence-electron chi connectivity index (χ3n) is 7.57. The first-order chi connectivity index (χ1) is 20.0. The summed E-state index contributed by atoms with van der Waals surface area (Å²) in [6.07, 6.45) is 6.43. The predicted molar refractivity (Wildman–Crippen MR) is 172 cm³/mol. The van der Waals surface area contributed by atoms with Crippen molar-refractivity contribution in [3.05, 3.63) is 99.0 Å². The van der Waals surface area contributed by atoms with Crippen molar-refractivity contribution >= 4 is 55.1 Å². The van der Waals surface area contributed by atoms with Gasteiger partial charge in [0.25, 0.3) is 0 Å². The molecule has 4 rings (SSSR count). The second-order valence-electron chi connectivity index (χ2n) is 10.9. The van der Waals surface area contributed by atoms with Crippen LogP contribution in [0.25, 0.3) is 0 Å². The molecular formula is C32H37BrClN3O4S. The maximum atomic E-state index is 14.3. The van der Waals surface area contributed by atoms with Crippen molar-refractivity contribution in [2.24, 2.45) is 0 Å². The minimum Gasteiger partial charge on any atom is -0.352 e.